The summed E-state index contributed by atoms with van der Waals surface area (Å²) < 4.78 is 27.3. The molecule has 3 rings (SSSR count). The average molecular weight is 273 g/mol. The predicted octanol–water partition coefficient (Wildman–Crippen LogP) is 2.89. The maximum Gasteiger partial charge on any atom is 0.129 e. The molecule has 0 spiro atoms. The van der Waals surface area contributed by atoms with Gasteiger partial charge in [0.2, 0.25) is 0 Å². The van der Waals surface area contributed by atoms with E-state index in [0.717, 1.165) is 16.6 Å². The Labute approximate surface area is 114 Å². The second-order valence-corrected chi connectivity index (χ2v) is 4.58. The molecule has 0 saturated carbocycles. The van der Waals surface area contributed by atoms with Crippen molar-refractivity contribution in [2.45, 2.75) is 13.0 Å². The molecule has 1 heterocycles. The molecule has 0 bridgehead atoms. The summed E-state index contributed by atoms with van der Waals surface area (Å²) in [6, 6.07) is 9.45. The molecule has 0 aliphatic heterocycles. The maximum atomic E-state index is 13.6. The molecular formula is C15H13F2N3. The van der Waals surface area contributed by atoms with E-state index in [-0.39, 0.29) is 12.0 Å². The van der Waals surface area contributed by atoms with Crippen molar-refractivity contribution >= 4 is 11.0 Å². The van der Waals surface area contributed by atoms with Crippen LogP contribution in [0, 0.1) is 11.6 Å². The summed E-state index contributed by atoms with van der Waals surface area (Å²) in [4.78, 5) is 7.47. The van der Waals surface area contributed by atoms with E-state index in [0.29, 0.717) is 12.4 Å². The van der Waals surface area contributed by atoms with Gasteiger partial charge in [-0.2, -0.15) is 0 Å². The lowest BCUT2D eigenvalue weighted by atomic mass is 10.1. The zero-order valence-corrected chi connectivity index (χ0v) is 10.7. The lowest BCUT2D eigenvalue weighted by Crippen LogP contribution is -1.99. The van der Waals surface area contributed by atoms with Crippen LogP contribution in [-0.4, -0.2) is 9.97 Å². The van der Waals surface area contributed by atoms with Gasteiger partial charge < -0.3 is 10.7 Å². The van der Waals surface area contributed by atoms with Crippen molar-refractivity contribution in [3.05, 3.63) is 65.0 Å². The Morgan fingerprint density at radius 1 is 1.05 bits per heavy atom. The van der Waals surface area contributed by atoms with Gasteiger partial charge in [-0.1, -0.05) is 18.2 Å². The van der Waals surface area contributed by atoms with Gasteiger partial charge in [0.05, 0.1) is 11.0 Å². The molecule has 0 fully saturated rings. The highest BCUT2D eigenvalue weighted by molar-refractivity contribution is 5.78. The van der Waals surface area contributed by atoms with Gasteiger partial charge in [0.25, 0.3) is 0 Å². The number of halogens is 2. The van der Waals surface area contributed by atoms with Crippen molar-refractivity contribution in [3.8, 4) is 0 Å². The number of imidazole rings is 1. The van der Waals surface area contributed by atoms with Gasteiger partial charge in [-0.3, -0.25) is 0 Å². The summed E-state index contributed by atoms with van der Waals surface area (Å²) in [5.41, 5.74) is 8.14. The molecule has 0 saturated heterocycles. The number of rotatable bonds is 3. The van der Waals surface area contributed by atoms with E-state index < -0.39 is 11.6 Å². The Bertz CT molecular complexity index is 745. The summed E-state index contributed by atoms with van der Waals surface area (Å²) in [5.74, 6) is -0.612. The third-order valence-corrected chi connectivity index (χ3v) is 3.27. The molecule has 0 aliphatic rings. The highest BCUT2D eigenvalue weighted by atomic mass is 19.1. The van der Waals surface area contributed by atoms with E-state index in [1.807, 2.05) is 18.2 Å². The van der Waals surface area contributed by atoms with Crippen LogP contribution in [0.5, 0.6) is 0 Å². The van der Waals surface area contributed by atoms with Gasteiger partial charge in [-0.05, 0) is 23.8 Å². The normalized spacial score (nSPS) is 11.2. The first-order valence-electron chi connectivity index (χ1n) is 6.28. The fourth-order valence-electron chi connectivity index (χ4n) is 2.26. The number of nitrogens with zero attached hydrogens (tertiary/aromatic N) is 1. The zero-order chi connectivity index (χ0) is 14.1. The van der Waals surface area contributed by atoms with Crippen molar-refractivity contribution in [3.63, 3.8) is 0 Å². The van der Waals surface area contributed by atoms with E-state index in [2.05, 4.69) is 9.97 Å². The predicted molar refractivity (Wildman–Crippen MR) is 73.1 cm³/mol. The highest BCUT2D eigenvalue weighted by Crippen LogP contribution is 2.20. The fourth-order valence-corrected chi connectivity index (χ4v) is 2.26. The van der Waals surface area contributed by atoms with Crippen LogP contribution in [0.25, 0.3) is 11.0 Å². The van der Waals surface area contributed by atoms with Gasteiger partial charge >= 0.3 is 0 Å². The van der Waals surface area contributed by atoms with Crippen molar-refractivity contribution < 1.29 is 8.78 Å². The number of benzene rings is 2. The Hall–Kier alpha value is -2.27. The summed E-state index contributed by atoms with van der Waals surface area (Å²) in [6.45, 7) is 0.371. The highest BCUT2D eigenvalue weighted by Gasteiger charge is 2.12. The average Bonchev–Trinajstić information content (AvgIpc) is 2.85. The molecule has 2 aromatic carbocycles. The SMILES string of the molecule is NCc1cccc2[nH]c(Cc3c(F)cccc3F)nc12. The Balaban J connectivity index is 2.03. The van der Waals surface area contributed by atoms with Gasteiger partial charge in [0.1, 0.15) is 17.5 Å². The number of para-hydroxylation sites is 1. The molecular weight excluding hydrogens is 260 g/mol. The van der Waals surface area contributed by atoms with Crippen LogP contribution >= 0.6 is 0 Å². The number of aromatic nitrogens is 2. The molecule has 0 atom stereocenters. The third kappa shape index (κ3) is 2.16. The van der Waals surface area contributed by atoms with Crippen LogP contribution in [-0.2, 0) is 13.0 Å². The molecule has 3 nitrogen and oxygen atoms in total. The molecule has 0 radical (unpaired) electrons. The van der Waals surface area contributed by atoms with Gasteiger partial charge in [-0.25, -0.2) is 13.8 Å². The van der Waals surface area contributed by atoms with Gasteiger partial charge in [-0.15, -0.1) is 0 Å². The molecule has 0 aliphatic carbocycles. The molecule has 5 heteroatoms. The minimum absolute atomic E-state index is 0.0147. The van der Waals surface area contributed by atoms with Gasteiger partial charge in [0, 0.05) is 18.5 Å². The lowest BCUT2D eigenvalue weighted by molar-refractivity contribution is 0.559. The first kappa shape index (κ1) is 12.7. The number of aromatic amines is 1. The molecule has 3 N–H and O–H groups in total. The summed E-state index contributed by atoms with van der Waals surface area (Å²) in [6.07, 6.45) is 0.0806. The summed E-state index contributed by atoms with van der Waals surface area (Å²) in [7, 11) is 0. The van der Waals surface area contributed by atoms with Gasteiger partial charge in [0.15, 0.2) is 0 Å². The Kier molecular flexibility index (Phi) is 3.20. The molecule has 0 amide bonds. The van der Waals surface area contributed by atoms with Crippen molar-refractivity contribution in [2.75, 3.05) is 0 Å². The van der Waals surface area contributed by atoms with Crippen LogP contribution in [0.15, 0.2) is 36.4 Å². The first-order chi connectivity index (χ1) is 9.69. The Morgan fingerprint density at radius 3 is 2.45 bits per heavy atom. The minimum Gasteiger partial charge on any atom is -0.342 e. The minimum atomic E-state index is -0.565. The van der Waals surface area contributed by atoms with Crippen LogP contribution < -0.4 is 5.73 Å². The Morgan fingerprint density at radius 2 is 1.75 bits per heavy atom. The number of hydrogen-bond donors (Lipinski definition) is 2. The molecule has 0 unspecified atom stereocenters. The smallest absolute Gasteiger partial charge is 0.129 e. The summed E-state index contributed by atoms with van der Waals surface area (Å²) >= 11 is 0. The van der Waals surface area contributed by atoms with E-state index in [1.165, 1.54) is 18.2 Å². The fraction of sp³-hybridized carbons (Fsp3) is 0.133. The number of hydrogen-bond acceptors (Lipinski definition) is 2. The standard InChI is InChI=1S/C15H13F2N3/c16-11-4-2-5-12(17)10(11)7-14-19-13-6-1-3-9(8-18)15(13)20-14/h1-6H,7-8,18H2,(H,19,20). The molecule has 1 aromatic heterocycles. The monoisotopic (exact) mass is 273 g/mol. The van der Waals surface area contributed by atoms with E-state index >= 15 is 0 Å². The molecule has 20 heavy (non-hydrogen) atoms. The second-order valence-electron chi connectivity index (χ2n) is 4.58. The second kappa shape index (κ2) is 5.02. The van der Waals surface area contributed by atoms with E-state index in [4.69, 9.17) is 5.73 Å². The topological polar surface area (TPSA) is 54.7 Å². The zero-order valence-electron chi connectivity index (χ0n) is 10.7. The van der Waals surface area contributed by atoms with E-state index in [1.54, 1.807) is 0 Å². The lowest BCUT2D eigenvalue weighted by Gasteiger charge is -2.01. The van der Waals surface area contributed by atoms with Crippen LogP contribution in [0.2, 0.25) is 0 Å². The molecule has 3 aromatic rings. The van der Waals surface area contributed by atoms with Crippen molar-refractivity contribution in [1.82, 2.24) is 9.97 Å². The van der Waals surface area contributed by atoms with E-state index in [9.17, 15) is 8.78 Å². The number of H-pyrrole nitrogens is 1. The van der Waals surface area contributed by atoms with Crippen LogP contribution in [0.3, 0.4) is 0 Å². The van der Waals surface area contributed by atoms with Crippen molar-refractivity contribution in [1.29, 1.82) is 0 Å². The number of nitrogens with one attached hydrogen (secondary N) is 1. The summed E-state index contributed by atoms with van der Waals surface area (Å²) in [5, 5.41) is 0. The van der Waals surface area contributed by atoms with Crippen molar-refractivity contribution in [2.24, 2.45) is 5.73 Å². The first-order valence-corrected chi connectivity index (χ1v) is 6.28. The quantitative estimate of drug-likeness (QED) is 0.771. The third-order valence-electron chi connectivity index (χ3n) is 3.27. The number of nitrogens with two attached hydrogens (primary N) is 1. The van der Waals surface area contributed by atoms with Crippen LogP contribution in [0.4, 0.5) is 8.78 Å². The maximum absolute atomic E-state index is 13.6. The molecule has 102 valence electrons. The number of fused-ring (bicyclic) bond motifs is 1. The van der Waals surface area contributed by atoms with Crippen LogP contribution in [0.1, 0.15) is 17.0 Å². The largest absolute Gasteiger partial charge is 0.342 e.